The first-order valence-electron chi connectivity index (χ1n) is 10.6. The van der Waals surface area contributed by atoms with Crippen LogP contribution >= 0.6 is 0 Å². The van der Waals surface area contributed by atoms with Gasteiger partial charge in [0.15, 0.2) is 34.8 Å². The number of halogens is 2. The van der Waals surface area contributed by atoms with Crippen LogP contribution in [0.2, 0.25) is 0 Å². The average Bonchev–Trinajstić information content (AvgIpc) is 3.30. The Hall–Kier alpha value is -3.86. The van der Waals surface area contributed by atoms with Crippen LogP contribution in [0.1, 0.15) is 0 Å². The van der Waals surface area contributed by atoms with Gasteiger partial charge in [0.1, 0.15) is 5.52 Å². The number of aromatic nitrogens is 5. The van der Waals surface area contributed by atoms with E-state index in [2.05, 4.69) is 15.1 Å². The lowest BCUT2D eigenvalue weighted by molar-refractivity contribution is 0.122. The Bertz CT molecular complexity index is 1340. The van der Waals surface area contributed by atoms with Crippen molar-refractivity contribution in [2.45, 2.75) is 0 Å². The first-order valence-corrected chi connectivity index (χ1v) is 10.6. The summed E-state index contributed by atoms with van der Waals surface area (Å²) in [6, 6.07) is 2.73. The van der Waals surface area contributed by atoms with Gasteiger partial charge in [-0.05, 0) is 6.07 Å². The Kier molecular flexibility index (Phi) is 5.70. The van der Waals surface area contributed by atoms with Crippen LogP contribution in [0, 0.1) is 11.6 Å². The number of fused-ring (bicyclic) bond motifs is 1. The van der Waals surface area contributed by atoms with Crippen molar-refractivity contribution in [1.82, 2.24) is 24.7 Å². The van der Waals surface area contributed by atoms with Crippen LogP contribution in [-0.4, -0.2) is 65.3 Å². The standard InChI is InChI=1S/C23H22F2N6O3/c1-30-12-14(11-27-30)22-26-10-13-8-15(18-19(24)16(32-2)9-17(33-3)20(18)25)28-23(21(13)29-22)31-4-6-34-7-5-31/h8-12H,4-7H2,1-3H3. The van der Waals surface area contributed by atoms with Crippen molar-refractivity contribution in [3.8, 4) is 34.1 Å². The molecule has 0 N–H and O–H groups in total. The van der Waals surface area contributed by atoms with Crippen molar-refractivity contribution in [1.29, 1.82) is 0 Å². The normalized spacial score (nSPS) is 14.0. The molecule has 0 amide bonds. The maximum absolute atomic E-state index is 15.3. The zero-order valence-electron chi connectivity index (χ0n) is 18.9. The number of nitrogens with zero attached hydrogens (tertiary/aromatic N) is 6. The molecular formula is C23H22F2N6O3. The van der Waals surface area contributed by atoms with E-state index in [1.54, 1.807) is 23.1 Å². The lowest BCUT2D eigenvalue weighted by Gasteiger charge is -2.29. The van der Waals surface area contributed by atoms with Crippen LogP contribution in [0.15, 0.2) is 30.7 Å². The van der Waals surface area contributed by atoms with Gasteiger partial charge in [0.05, 0.1) is 50.5 Å². The molecule has 4 heterocycles. The Balaban J connectivity index is 1.75. The van der Waals surface area contributed by atoms with Crippen molar-refractivity contribution in [3.63, 3.8) is 0 Å². The van der Waals surface area contributed by atoms with E-state index in [1.165, 1.54) is 20.3 Å². The van der Waals surface area contributed by atoms with E-state index < -0.39 is 11.6 Å². The molecule has 1 saturated heterocycles. The molecule has 0 atom stereocenters. The quantitative estimate of drug-likeness (QED) is 0.441. The molecule has 0 aliphatic carbocycles. The first kappa shape index (κ1) is 22.0. The summed E-state index contributed by atoms with van der Waals surface area (Å²) in [5.41, 5.74) is 1.05. The molecule has 34 heavy (non-hydrogen) atoms. The summed E-state index contributed by atoms with van der Waals surface area (Å²) in [6.07, 6.45) is 5.10. The fourth-order valence-electron chi connectivity index (χ4n) is 3.93. The van der Waals surface area contributed by atoms with Crippen LogP contribution in [0.5, 0.6) is 11.5 Å². The number of aryl methyl sites for hydroxylation is 1. The summed E-state index contributed by atoms with van der Waals surface area (Å²) in [4.78, 5) is 15.9. The number of methoxy groups -OCH3 is 2. The van der Waals surface area contributed by atoms with Gasteiger partial charge in [-0.2, -0.15) is 5.10 Å². The molecule has 0 radical (unpaired) electrons. The minimum absolute atomic E-state index is 0.0823. The Morgan fingerprint density at radius 3 is 2.29 bits per heavy atom. The summed E-state index contributed by atoms with van der Waals surface area (Å²) >= 11 is 0. The topological polar surface area (TPSA) is 87.4 Å². The van der Waals surface area contributed by atoms with E-state index in [1.807, 2.05) is 18.1 Å². The van der Waals surface area contributed by atoms with Crippen molar-refractivity contribution < 1.29 is 23.0 Å². The molecule has 5 rings (SSSR count). The molecule has 1 aromatic carbocycles. The van der Waals surface area contributed by atoms with Crippen LogP contribution < -0.4 is 14.4 Å². The summed E-state index contributed by atoms with van der Waals surface area (Å²) in [6.45, 7) is 2.13. The van der Waals surface area contributed by atoms with Crippen molar-refractivity contribution in [2.24, 2.45) is 7.05 Å². The smallest absolute Gasteiger partial charge is 0.177 e. The largest absolute Gasteiger partial charge is 0.494 e. The van der Waals surface area contributed by atoms with Gasteiger partial charge in [-0.25, -0.2) is 23.7 Å². The van der Waals surface area contributed by atoms with E-state index in [-0.39, 0.29) is 22.8 Å². The van der Waals surface area contributed by atoms with Gasteiger partial charge >= 0.3 is 0 Å². The van der Waals surface area contributed by atoms with Gasteiger partial charge in [0.25, 0.3) is 0 Å². The molecular weight excluding hydrogens is 446 g/mol. The minimum atomic E-state index is -0.867. The van der Waals surface area contributed by atoms with E-state index in [4.69, 9.17) is 19.2 Å². The first-order chi connectivity index (χ1) is 16.5. The Morgan fingerprint density at radius 1 is 0.971 bits per heavy atom. The molecule has 3 aromatic heterocycles. The predicted octanol–water partition coefficient (Wildman–Crippen LogP) is 3.22. The fraction of sp³-hybridized carbons (Fsp3) is 0.304. The SMILES string of the molecule is COc1cc(OC)c(F)c(-c2cc3cnc(-c4cnn(C)c4)nc3c(N3CCOCC3)n2)c1F. The minimum Gasteiger partial charge on any atom is -0.494 e. The second kappa shape index (κ2) is 8.82. The highest BCUT2D eigenvalue weighted by Crippen LogP contribution is 2.39. The average molecular weight is 468 g/mol. The van der Waals surface area contributed by atoms with Gasteiger partial charge in [-0.1, -0.05) is 0 Å². The highest BCUT2D eigenvalue weighted by molar-refractivity contribution is 5.92. The third-order valence-corrected chi connectivity index (χ3v) is 5.65. The predicted molar refractivity (Wildman–Crippen MR) is 121 cm³/mol. The van der Waals surface area contributed by atoms with E-state index in [9.17, 15) is 0 Å². The molecule has 1 fully saturated rings. The maximum atomic E-state index is 15.3. The number of benzene rings is 1. The number of anilines is 1. The third kappa shape index (κ3) is 3.77. The number of ether oxygens (including phenoxy) is 3. The van der Waals surface area contributed by atoms with Crippen LogP contribution in [0.3, 0.4) is 0 Å². The molecule has 0 unspecified atom stereocenters. The summed E-state index contributed by atoms with van der Waals surface area (Å²) in [7, 11) is 4.42. The number of rotatable bonds is 5. The molecule has 11 heteroatoms. The second-order valence-corrected chi connectivity index (χ2v) is 7.75. The van der Waals surface area contributed by atoms with Gasteiger partial charge in [-0.15, -0.1) is 0 Å². The lowest BCUT2D eigenvalue weighted by Crippen LogP contribution is -2.37. The Labute approximate surface area is 193 Å². The number of hydrogen-bond acceptors (Lipinski definition) is 8. The fourth-order valence-corrected chi connectivity index (χ4v) is 3.93. The van der Waals surface area contributed by atoms with E-state index in [0.29, 0.717) is 48.8 Å². The maximum Gasteiger partial charge on any atom is 0.177 e. The lowest BCUT2D eigenvalue weighted by atomic mass is 10.1. The highest BCUT2D eigenvalue weighted by atomic mass is 19.1. The molecule has 0 saturated carbocycles. The van der Waals surface area contributed by atoms with E-state index >= 15 is 8.78 Å². The molecule has 176 valence electrons. The zero-order chi connectivity index (χ0) is 23.8. The summed E-state index contributed by atoms with van der Waals surface area (Å²) < 4.78 is 47.9. The molecule has 1 aliphatic heterocycles. The molecule has 1 aliphatic rings. The monoisotopic (exact) mass is 468 g/mol. The van der Waals surface area contributed by atoms with Gasteiger partial charge in [-0.3, -0.25) is 4.68 Å². The van der Waals surface area contributed by atoms with Crippen LogP contribution in [0.25, 0.3) is 33.5 Å². The van der Waals surface area contributed by atoms with Crippen LogP contribution in [-0.2, 0) is 11.8 Å². The summed E-state index contributed by atoms with van der Waals surface area (Å²) in [5.74, 6) is -1.06. The van der Waals surface area contributed by atoms with Crippen molar-refractivity contribution >= 4 is 16.7 Å². The van der Waals surface area contributed by atoms with Crippen molar-refractivity contribution in [3.05, 3.63) is 42.4 Å². The second-order valence-electron chi connectivity index (χ2n) is 7.75. The molecule has 9 nitrogen and oxygen atoms in total. The van der Waals surface area contributed by atoms with Crippen molar-refractivity contribution in [2.75, 3.05) is 45.4 Å². The van der Waals surface area contributed by atoms with Gasteiger partial charge < -0.3 is 19.1 Å². The van der Waals surface area contributed by atoms with Gasteiger partial charge in [0.2, 0.25) is 0 Å². The van der Waals surface area contributed by atoms with Gasteiger partial charge in [0, 0.05) is 44.0 Å². The Morgan fingerprint density at radius 2 is 1.68 bits per heavy atom. The van der Waals surface area contributed by atoms with Crippen LogP contribution in [0.4, 0.5) is 14.6 Å². The zero-order valence-corrected chi connectivity index (χ0v) is 18.9. The number of morpholine rings is 1. The number of hydrogen-bond donors (Lipinski definition) is 0. The number of pyridine rings is 1. The van der Waals surface area contributed by atoms with E-state index in [0.717, 1.165) is 5.56 Å². The molecule has 4 aromatic rings. The molecule has 0 bridgehead atoms. The third-order valence-electron chi connectivity index (χ3n) is 5.65. The molecule has 0 spiro atoms. The highest BCUT2D eigenvalue weighted by Gasteiger charge is 2.26. The summed E-state index contributed by atoms with van der Waals surface area (Å²) in [5, 5.41) is 4.76.